The monoisotopic (exact) mass is 453 g/mol. The number of imidazole rings is 1. The molecule has 1 aliphatic heterocycles. The molecule has 9 heteroatoms. The van der Waals surface area contributed by atoms with Gasteiger partial charge in [0.1, 0.15) is 0 Å². The predicted octanol–water partition coefficient (Wildman–Crippen LogP) is 2.29. The fraction of sp³-hybridized carbons (Fsp3) is 0.304. The van der Waals surface area contributed by atoms with Crippen LogP contribution in [0.5, 0.6) is 0 Å². The minimum Gasteiger partial charge on any atom is -0.334 e. The third-order valence-corrected chi connectivity index (χ3v) is 7.32. The molecule has 0 atom stereocenters. The lowest BCUT2D eigenvalue weighted by molar-refractivity contribution is 0.172. The van der Waals surface area contributed by atoms with Crippen molar-refractivity contribution in [1.29, 1.82) is 0 Å². The van der Waals surface area contributed by atoms with E-state index in [-0.39, 0.29) is 11.8 Å². The molecule has 0 saturated carbocycles. The van der Waals surface area contributed by atoms with E-state index in [4.69, 9.17) is 0 Å². The van der Waals surface area contributed by atoms with Gasteiger partial charge in [0.05, 0.1) is 12.1 Å². The van der Waals surface area contributed by atoms with Gasteiger partial charge in [0.2, 0.25) is 10.0 Å². The molecule has 0 bridgehead atoms. The highest BCUT2D eigenvalue weighted by Crippen LogP contribution is 2.14. The van der Waals surface area contributed by atoms with Gasteiger partial charge in [-0.15, -0.1) is 0 Å². The third-order valence-electron chi connectivity index (χ3n) is 5.47. The summed E-state index contributed by atoms with van der Waals surface area (Å²) in [6.45, 7) is 2.51. The van der Waals surface area contributed by atoms with Crippen LogP contribution in [-0.2, 0) is 28.9 Å². The van der Waals surface area contributed by atoms with Crippen LogP contribution in [-0.4, -0.2) is 59.4 Å². The average molecular weight is 454 g/mol. The van der Waals surface area contributed by atoms with Gasteiger partial charge in [-0.1, -0.05) is 54.6 Å². The number of aromatic nitrogens is 2. The number of carbonyl (C=O) groups excluding carboxylic acids is 1. The van der Waals surface area contributed by atoms with Crippen molar-refractivity contribution in [1.82, 2.24) is 24.1 Å². The first-order valence-corrected chi connectivity index (χ1v) is 12.2. The summed E-state index contributed by atoms with van der Waals surface area (Å²) in [4.78, 5) is 18.3. The van der Waals surface area contributed by atoms with E-state index in [1.165, 1.54) is 4.31 Å². The molecule has 1 N–H and O–H groups in total. The normalized spacial score (nSPS) is 14.9. The lowest BCUT2D eigenvalue weighted by Crippen LogP contribution is -2.53. The zero-order valence-electron chi connectivity index (χ0n) is 17.8. The summed E-state index contributed by atoms with van der Waals surface area (Å²) in [7, 11) is -3.40. The quantitative estimate of drug-likeness (QED) is 0.595. The van der Waals surface area contributed by atoms with Gasteiger partial charge in [0, 0.05) is 51.7 Å². The molecule has 0 spiro atoms. The number of hydrogen-bond donors (Lipinski definition) is 1. The Morgan fingerprint density at radius 1 is 0.938 bits per heavy atom. The summed E-state index contributed by atoms with van der Waals surface area (Å²) in [6.07, 6.45) is 5.43. The van der Waals surface area contributed by atoms with E-state index in [9.17, 15) is 13.2 Å². The van der Waals surface area contributed by atoms with Crippen molar-refractivity contribution in [3.8, 4) is 0 Å². The van der Waals surface area contributed by atoms with Gasteiger partial charge in [-0.2, -0.15) is 4.31 Å². The molecule has 168 valence electrons. The Labute approximate surface area is 188 Å². The Morgan fingerprint density at radius 2 is 1.66 bits per heavy atom. The zero-order valence-corrected chi connectivity index (χ0v) is 18.6. The molecule has 1 aliphatic rings. The number of urea groups is 1. The Balaban J connectivity index is 1.26. The summed E-state index contributed by atoms with van der Waals surface area (Å²) in [5.41, 5.74) is 2.91. The molecule has 0 aliphatic carbocycles. The summed E-state index contributed by atoms with van der Waals surface area (Å²) in [5, 5.41) is 2.95. The molecule has 2 amide bonds. The number of amides is 2. The maximum Gasteiger partial charge on any atom is 0.317 e. The number of piperazine rings is 1. The van der Waals surface area contributed by atoms with E-state index in [0.29, 0.717) is 32.7 Å². The largest absolute Gasteiger partial charge is 0.334 e. The Kier molecular flexibility index (Phi) is 6.87. The first-order valence-electron chi connectivity index (χ1n) is 10.6. The van der Waals surface area contributed by atoms with Gasteiger partial charge in [-0.25, -0.2) is 18.2 Å². The van der Waals surface area contributed by atoms with Crippen LogP contribution in [0.25, 0.3) is 0 Å². The van der Waals surface area contributed by atoms with Crippen LogP contribution in [0.4, 0.5) is 4.79 Å². The van der Waals surface area contributed by atoms with E-state index in [2.05, 4.69) is 16.4 Å². The van der Waals surface area contributed by atoms with Crippen LogP contribution in [0, 0.1) is 0 Å². The van der Waals surface area contributed by atoms with Crippen molar-refractivity contribution in [3.63, 3.8) is 0 Å². The second kappa shape index (κ2) is 9.97. The van der Waals surface area contributed by atoms with Crippen molar-refractivity contribution in [2.45, 2.75) is 18.8 Å². The number of rotatable bonds is 7. The van der Waals surface area contributed by atoms with E-state index in [1.54, 1.807) is 17.4 Å². The Morgan fingerprint density at radius 3 is 2.38 bits per heavy atom. The summed E-state index contributed by atoms with van der Waals surface area (Å²) in [6, 6.07) is 17.0. The van der Waals surface area contributed by atoms with Crippen LogP contribution in [0.2, 0.25) is 0 Å². The van der Waals surface area contributed by atoms with E-state index in [1.807, 2.05) is 59.3 Å². The lowest BCUT2D eigenvalue weighted by Gasteiger charge is -2.34. The van der Waals surface area contributed by atoms with Crippen LogP contribution >= 0.6 is 0 Å². The number of carbonyl (C=O) groups is 1. The summed E-state index contributed by atoms with van der Waals surface area (Å²) >= 11 is 0. The number of benzene rings is 2. The van der Waals surface area contributed by atoms with Gasteiger partial charge in [0.15, 0.2) is 0 Å². The third kappa shape index (κ3) is 5.74. The van der Waals surface area contributed by atoms with Gasteiger partial charge in [0.25, 0.3) is 0 Å². The van der Waals surface area contributed by atoms with E-state index < -0.39 is 10.0 Å². The molecule has 2 aromatic carbocycles. The van der Waals surface area contributed by atoms with Crippen molar-refractivity contribution in [2.75, 3.05) is 26.2 Å². The number of nitrogens with one attached hydrogen (secondary N) is 1. The first kappa shape index (κ1) is 22.0. The van der Waals surface area contributed by atoms with Crippen molar-refractivity contribution in [2.24, 2.45) is 0 Å². The van der Waals surface area contributed by atoms with Gasteiger partial charge >= 0.3 is 6.03 Å². The molecule has 1 aromatic heterocycles. The number of sulfonamides is 1. The second-order valence-corrected chi connectivity index (χ2v) is 9.81. The number of nitrogens with zero attached hydrogens (tertiary/aromatic N) is 4. The maximum absolute atomic E-state index is 12.7. The van der Waals surface area contributed by atoms with Crippen LogP contribution in [0.15, 0.2) is 73.3 Å². The van der Waals surface area contributed by atoms with Gasteiger partial charge in [-0.3, -0.25) is 0 Å². The highest BCUT2D eigenvalue weighted by Gasteiger charge is 2.28. The molecule has 1 saturated heterocycles. The topological polar surface area (TPSA) is 87.5 Å². The molecule has 32 heavy (non-hydrogen) atoms. The molecular weight excluding hydrogens is 426 g/mol. The summed E-state index contributed by atoms with van der Waals surface area (Å²) < 4.78 is 28.8. The van der Waals surface area contributed by atoms with E-state index in [0.717, 1.165) is 23.2 Å². The molecular formula is C23H27N5O3S. The van der Waals surface area contributed by atoms with Gasteiger partial charge in [-0.05, 0) is 16.7 Å². The standard InChI is InChI=1S/C23H27N5O3S/c29-23(25-16-21-7-4-8-22(15-21)17-26-10-9-24-19-26)27-11-13-28(14-12-27)32(30,31)18-20-5-2-1-3-6-20/h1-10,15,19H,11-14,16-18H2,(H,25,29). The summed E-state index contributed by atoms with van der Waals surface area (Å²) in [5.74, 6) is -0.0184. The van der Waals surface area contributed by atoms with E-state index >= 15 is 0 Å². The minimum absolute atomic E-state index is 0.0184. The number of hydrogen-bond acceptors (Lipinski definition) is 4. The Hall–Kier alpha value is -3.17. The van der Waals surface area contributed by atoms with Gasteiger partial charge < -0.3 is 14.8 Å². The zero-order chi connectivity index (χ0) is 22.4. The van der Waals surface area contributed by atoms with Crippen molar-refractivity contribution >= 4 is 16.1 Å². The lowest BCUT2D eigenvalue weighted by atomic mass is 10.1. The minimum atomic E-state index is -3.40. The van der Waals surface area contributed by atoms with Crippen molar-refractivity contribution in [3.05, 3.63) is 90.0 Å². The molecule has 1 fully saturated rings. The highest BCUT2D eigenvalue weighted by molar-refractivity contribution is 7.88. The Bertz CT molecular complexity index is 1130. The van der Waals surface area contributed by atoms with Crippen LogP contribution < -0.4 is 5.32 Å². The maximum atomic E-state index is 12.7. The van der Waals surface area contributed by atoms with Crippen molar-refractivity contribution < 1.29 is 13.2 Å². The highest BCUT2D eigenvalue weighted by atomic mass is 32.2. The SMILES string of the molecule is O=C(NCc1cccc(Cn2ccnc2)c1)N1CCN(S(=O)(=O)Cc2ccccc2)CC1. The molecule has 0 unspecified atom stereocenters. The fourth-order valence-corrected chi connectivity index (χ4v) is 5.28. The average Bonchev–Trinajstić information content (AvgIpc) is 3.31. The molecule has 3 aromatic rings. The molecule has 2 heterocycles. The molecule has 8 nitrogen and oxygen atoms in total. The van der Waals surface area contributed by atoms with Crippen LogP contribution in [0.1, 0.15) is 16.7 Å². The first-order chi connectivity index (χ1) is 15.5. The van der Waals surface area contributed by atoms with Crippen LogP contribution in [0.3, 0.4) is 0 Å². The predicted molar refractivity (Wildman–Crippen MR) is 122 cm³/mol. The fourth-order valence-electron chi connectivity index (χ4n) is 3.76. The molecule has 4 rings (SSSR count). The second-order valence-electron chi connectivity index (χ2n) is 7.84. The smallest absolute Gasteiger partial charge is 0.317 e. The molecule has 0 radical (unpaired) electrons.